The second-order valence-corrected chi connectivity index (χ2v) is 6.54. The molecular weight excluding hydrogens is 312 g/mol. The molecule has 1 amide bonds. The predicted octanol–water partition coefficient (Wildman–Crippen LogP) is 0.771. The van der Waals surface area contributed by atoms with E-state index in [9.17, 15) is 10.1 Å². The molecule has 126 valence electrons. The van der Waals surface area contributed by atoms with Gasteiger partial charge in [0.2, 0.25) is 5.91 Å². The molecule has 1 N–H and O–H groups in total. The van der Waals surface area contributed by atoms with Crippen LogP contribution in [0.4, 0.5) is 0 Å². The molecule has 0 saturated carbocycles. The highest BCUT2D eigenvalue weighted by atomic mass is 32.1. The smallest absolute Gasteiger partial charge is 0.236 e. The molecule has 0 bridgehead atoms. The van der Waals surface area contributed by atoms with Gasteiger partial charge in [-0.25, -0.2) is 0 Å². The minimum atomic E-state index is -0.214. The van der Waals surface area contributed by atoms with Crippen LogP contribution in [0.5, 0.6) is 0 Å². The Morgan fingerprint density at radius 3 is 2.74 bits per heavy atom. The van der Waals surface area contributed by atoms with Gasteiger partial charge in [-0.2, -0.15) is 5.26 Å². The topological polar surface area (TPSA) is 70.8 Å². The lowest BCUT2D eigenvalue weighted by Crippen LogP contribution is -2.51. The second-order valence-electron chi connectivity index (χ2n) is 5.56. The first kappa shape index (κ1) is 17.9. The number of carbonyl (C=O) groups is 1. The molecule has 1 fully saturated rings. The zero-order valence-electron chi connectivity index (χ0n) is 13.5. The average molecular weight is 336 g/mol. The van der Waals surface area contributed by atoms with E-state index >= 15 is 0 Å². The molecule has 23 heavy (non-hydrogen) atoms. The number of aliphatic hydroxyl groups excluding tert-OH is 1. The molecule has 2 rings (SSSR count). The van der Waals surface area contributed by atoms with Crippen molar-refractivity contribution in [1.29, 1.82) is 5.26 Å². The Balaban J connectivity index is 1.86. The van der Waals surface area contributed by atoms with Crippen molar-refractivity contribution >= 4 is 17.2 Å². The van der Waals surface area contributed by atoms with Gasteiger partial charge in [0.25, 0.3) is 0 Å². The SMILES string of the molecule is CCN(CCO)CC(=O)N1CCN(C(C#N)c2cccs2)CC1. The lowest BCUT2D eigenvalue weighted by molar-refractivity contribution is -0.134. The summed E-state index contributed by atoms with van der Waals surface area (Å²) < 4.78 is 0. The van der Waals surface area contributed by atoms with E-state index in [1.54, 1.807) is 11.3 Å². The minimum absolute atomic E-state index is 0.0690. The van der Waals surface area contributed by atoms with Crippen LogP contribution < -0.4 is 0 Å². The van der Waals surface area contributed by atoms with Crippen LogP contribution in [0.3, 0.4) is 0 Å². The molecule has 0 aromatic carbocycles. The monoisotopic (exact) mass is 336 g/mol. The maximum absolute atomic E-state index is 12.3. The Morgan fingerprint density at radius 1 is 1.48 bits per heavy atom. The summed E-state index contributed by atoms with van der Waals surface area (Å²) >= 11 is 1.60. The number of carbonyl (C=O) groups excluding carboxylic acids is 1. The summed E-state index contributed by atoms with van der Waals surface area (Å²) in [5.41, 5.74) is 0. The first-order chi connectivity index (χ1) is 11.2. The van der Waals surface area contributed by atoms with E-state index in [4.69, 9.17) is 5.11 Å². The average Bonchev–Trinajstić information content (AvgIpc) is 3.10. The Kier molecular flexibility index (Phi) is 6.99. The molecule has 2 heterocycles. The van der Waals surface area contributed by atoms with Gasteiger partial charge in [0.05, 0.1) is 19.2 Å². The van der Waals surface area contributed by atoms with E-state index in [2.05, 4.69) is 11.0 Å². The molecule has 7 heteroatoms. The summed E-state index contributed by atoms with van der Waals surface area (Å²) in [6.45, 7) is 6.42. The van der Waals surface area contributed by atoms with Crippen LogP contribution in [-0.4, -0.2) is 78.1 Å². The molecule has 1 saturated heterocycles. The van der Waals surface area contributed by atoms with Crippen LogP contribution in [0.15, 0.2) is 17.5 Å². The molecule has 1 aromatic heterocycles. The van der Waals surface area contributed by atoms with E-state index in [-0.39, 0.29) is 18.6 Å². The van der Waals surface area contributed by atoms with E-state index in [0.29, 0.717) is 39.3 Å². The lowest BCUT2D eigenvalue weighted by Gasteiger charge is -2.37. The van der Waals surface area contributed by atoms with E-state index in [1.165, 1.54) is 0 Å². The van der Waals surface area contributed by atoms with Crippen molar-refractivity contribution in [3.8, 4) is 6.07 Å². The Hall–Kier alpha value is -1.46. The molecule has 1 atom stereocenters. The second kappa shape index (κ2) is 8.99. The summed E-state index contributed by atoms with van der Waals surface area (Å²) in [4.78, 5) is 19.3. The Bertz CT molecular complexity index is 521. The third kappa shape index (κ3) is 4.75. The lowest BCUT2D eigenvalue weighted by atomic mass is 10.2. The van der Waals surface area contributed by atoms with Gasteiger partial charge >= 0.3 is 0 Å². The highest BCUT2D eigenvalue weighted by Gasteiger charge is 2.27. The third-order valence-corrected chi connectivity index (χ3v) is 5.11. The quantitative estimate of drug-likeness (QED) is 0.796. The number of aliphatic hydroxyl groups is 1. The molecule has 6 nitrogen and oxygen atoms in total. The van der Waals surface area contributed by atoms with Gasteiger partial charge in [-0.1, -0.05) is 13.0 Å². The number of thiophene rings is 1. The highest BCUT2D eigenvalue weighted by Crippen LogP contribution is 2.25. The fourth-order valence-corrected chi connectivity index (χ4v) is 3.59. The number of nitrogens with zero attached hydrogens (tertiary/aromatic N) is 4. The van der Waals surface area contributed by atoms with E-state index < -0.39 is 0 Å². The van der Waals surface area contributed by atoms with Crippen molar-refractivity contribution in [2.75, 3.05) is 52.4 Å². The van der Waals surface area contributed by atoms with Crippen LogP contribution in [0.25, 0.3) is 0 Å². The van der Waals surface area contributed by atoms with Crippen molar-refractivity contribution < 1.29 is 9.90 Å². The van der Waals surface area contributed by atoms with Gasteiger partial charge in [0.15, 0.2) is 0 Å². The number of likely N-dealkylation sites (N-methyl/N-ethyl adjacent to an activating group) is 1. The van der Waals surface area contributed by atoms with E-state index in [0.717, 1.165) is 11.4 Å². The minimum Gasteiger partial charge on any atom is -0.395 e. The normalized spacial score (nSPS) is 17.2. The number of piperazine rings is 1. The molecular formula is C16H24N4O2S. The summed E-state index contributed by atoms with van der Waals surface area (Å²) in [6.07, 6.45) is 0. The summed E-state index contributed by atoms with van der Waals surface area (Å²) in [5.74, 6) is 0.101. The van der Waals surface area contributed by atoms with Crippen molar-refractivity contribution in [3.63, 3.8) is 0 Å². The first-order valence-corrected chi connectivity index (χ1v) is 8.85. The van der Waals surface area contributed by atoms with Gasteiger partial charge in [-0.05, 0) is 18.0 Å². The molecule has 1 aliphatic rings. The van der Waals surface area contributed by atoms with Crippen molar-refractivity contribution in [1.82, 2.24) is 14.7 Å². The van der Waals surface area contributed by atoms with Crippen molar-refractivity contribution in [2.24, 2.45) is 0 Å². The van der Waals surface area contributed by atoms with Crippen molar-refractivity contribution in [3.05, 3.63) is 22.4 Å². The largest absolute Gasteiger partial charge is 0.395 e. The fraction of sp³-hybridized carbons (Fsp3) is 0.625. The van der Waals surface area contributed by atoms with Gasteiger partial charge in [0, 0.05) is 37.6 Å². The van der Waals surface area contributed by atoms with E-state index in [1.807, 2.05) is 34.2 Å². The third-order valence-electron chi connectivity index (χ3n) is 4.19. The standard InChI is InChI=1S/C16H24N4O2S/c1-2-18(9-10-21)13-16(22)20-7-5-19(6-8-20)14(12-17)15-4-3-11-23-15/h3-4,11,14,21H,2,5-10,13H2,1H3. The number of hydrogen-bond acceptors (Lipinski definition) is 6. The zero-order chi connectivity index (χ0) is 16.7. The molecule has 1 aliphatic heterocycles. The van der Waals surface area contributed by atoms with Gasteiger partial charge in [-0.15, -0.1) is 11.3 Å². The number of rotatable bonds is 7. The zero-order valence-corrected chi connectivity index (χ0v) is 14.3. The van der Waals surface area contributed by atoms with Crippen LogP contribution in [0.2, 0.25) is 0 Å². The number of hydrogen-bond donors (Lipinski definition) is 1. The first-order valence-electron chi connectivity index (χ1n) is 7.97. The van der Waals surface area contributed by atoms with Gasteiger partial charge in [0.1, 0.15) is 6.04 Å². The Morgan fingerprint density at radius 2 is 2.22 bits per heavy atom. The Labute approximate surface area is 141 Å². The molecule has 1 aromatic rings. The highest BCUT2D eigenvalue weighted by molar-refractivity contribution is 7.10. The summed E-state index contributed by atoms with van der Waals surface area (Å²) in [7, 11) is 0. The maximum Gasteiger partial charge on any atom is 0.236 e. The molecule has 0 aliphatic carbocycles. The summed E-state index contributed by atoms with van der Waals surface area (Å²) in [5, 5.41) is 20.4. The molecule has 1 unspecified atom stereocenters. The number of nitriles is 1. The van der Waals surface area contributed by atoms with Crippen LogP contribution in [0.1, 0.15) is 17.8 Å². The number of amides is 1. The van der Waals surface area contributed by atoms with Crippen LogP contribution >= 0.6 is 11.3 Å². The van der Waals surface area contributed by atoms with Gasteiger partial charge < -0.3 is 10.0 Å². The fourth-order valence-electron chi connectivity index (χ4n) is 2.78. The maximum atomic E-state index is 12.3. The predicted molar refractivity (Wildman–Crippen MR) is 90.0 cm³/mol. The summed E-state index contributed by atoms with van der Waals surface area (Å²) in [6, 6.07) is 6.11. The van der Waals surface area contributed by atoms with Crippen molar-refractivity contribution in [2.45, 2.75) is 13.0 Å². The molecule has 0 spiro atoms. The van der Waals surface area contributed by atoms with Crippen LogP contribution in [-0.2, 0) is 4.79 Å². The molecule has 0 radical (unpaired) electrons. The van der Waals surface area contributed by atoms with Gasteiger partial charge in [-0.3, -0.25) is 14.6 Å². The van der Waals surface area contributed by atoms with Crippen LogP contribution in [0, 0.1) is 11.3 Å².